The molecule has 17 heavy (non-hydrogen) atoms. The molecule has 1 nitrogen and oxygen atoms in total. The summed E-state index contributed by atoms with van der Waals surface area (Å²) in [4.78, 5) is 0.254. The minimum absolute atomic E-state index is 0.254. The van der Waals surface area contributed by atoms with Gasteiger partial charge >= 0.3 is 0 Å². The van der Waals surface area contributed by atoms with Crippen molar-refractivity contribution in [2.45, 2.75) is 31.5 Å². The Kier molecular flexibility index (Phi) is 4.06. The third-order valence-electron chi connectivity index (χ3n) is 3.00. The van der Waals surface area contributed by atoms with Crippen molar-refractivity contribution < 1.29 is 4.42 Å². The second kappa shape index (κ2) is 5.54. The van der Waals surface area contributed by atoms with Gasteiger partial charge in [-0.3, -0.25) is 0 Å². The van der Waals surface area contributed by atoms with E-state index in [2.05, 4.69) is 66.2 Å². The van der Waals surface area contributed by atoms with Crippen LogP contribution in [0.1, 0.15) is 34.4 Å². The summed E-state index contributed by atoms with van der Waals surface area (Å²) < 4.78 is 5.76. The van der Waals surface area contributed by atoms with Gasteiger partial charge in [0.15, 0.2) is 0 Å². The lowest BCUT2D eigenvalue weighted by molar-refractivity contribution is 0.467. The van der Waals surface area contributed by atoms with Crippen molar-refractivity contribution in [2.75, 3.05) is 0 Å². The normalized spacial score (nSPS) is 12.6. The van der Waals surface area contributed by atoms with E-state index < -0.39 is 0 Å². The van der Waals surface area contributed by atoms with Gasteiger partial charge in [0, 0.05) is 6.42 Å². The maximum absolute atomic E-state index is 5.76. The molecule has 2 rings (SSSR count). The minimum Gasteiger partial charge on any atom is -0.465 e. The summed E-state index contributed by atoms with van der Waals surface area (Å²) in [5.41, 5.74) is 2.70. The molecule has 1 aromatic carbocycles. The van der Waals surface area contributed by atoms with Crippen LogP contribution in [-0.4, -0.2) is 0 Å². The molecule has 0 fully saturated rings. The van der Waals surface area contributed by atoms with Crippen molar-refractivity contribution in [1.29, 1.82) is 0 Å². The third-order valence-corrected chi connectivity index (χ3v) is 3.77. The monoisotopic (exact) mass is 292 g/mol. The number of rotatable bonds is 4. The summed E-state index contributed by atoms with van der Waals surface area (Å²) in [5, 5.41) is 0. The zero-order chi connectivity index (χ0) is 12.3. The predicted octanol–water partition coefficient (Wildman–Crippen LogP) is 4.83. The van der Waals surface area contributed by atoms with Crippen LogP contribution in [0.15, 0.2) is 40.8 Å². The van der Waals surface area contributed by atoms with Crippen LogP contribution >= 0.6 is 15.9 Å². The number of hydrogen-bond acceptors (Lipinski definition) is 1. The molecule has 2 heteroatoms. The highest BCUT2D eigenvalue weighted by Gasteiger charge is 2.13. The SMILES string of the molecule is CCc1ccc(C(Br)Cc2ccccc2C)o1. The van der Waals surface area contributed by atoms with Crippen molar-refractivity contribution in [3.8, 4) is 0 Å². The molecule has 0 saturated carbocycles. The number of alkyl halides is 1. The van der Waals surface area contributed by atoms with E-state index in [9.17, 15) is 0 Å². The second-order valence-corrected chi connectivity index (χ2v) is 5.36. The van der Waals surface area contributed by atoms with E-state index in [0.29, 0.717) is 0 Å². The standard InChI is InChI=1S/C15H17BrO/c1-3-13-8-9-15(17-13)14(16)10-12-7-5-4-6-11(12)2/h4-9,14H,3,10H2,1-2H3. The zero-order valence-electron chi connectivity index (χ0n) is 10.2. The average molecular weight is 293 g/mol. The Bertz CT molecular complexity index is 487. The molecule has 1 heterocycles. The van der Waals surface area contributed by atoms with Gasteiger partial charge in [-0.2, -0.15) is 0 Å². The van der Waals surface area contributed by atoms with Crippen LogP contribution in [0.3, 0.4) is 0 Å². The predicted molar refractivity (Wildman–Crippen MR) is 74.6 cm³/mol. The molecule has 0 radical (unpaired) electrons. The molecule has 0 aliphatic rings. The number of benzene rings is 1. The second-order valence-electron chi connectivity index (χ2n) is 4.26. The molecule has 0 bridgehead atoms. The third kappa shape index (κ3) is 3.01. The molecule has 0 spiro atoms. The van der Waals surface area contributed by atoms with Crippen LogP contribution < -0.4 is 0 Å². The molecule has 1 aromatic heterocycles. The molecule has 0 N–H and O–H groups in total. The Labute approximate surface area is 111 Å². The van der Waals surface area contributed by atoms with E-state index in [-0.39, 0.29) is 4.83 Å². The summed E-state index contributed by atoms with van der Waals surface area (Å²) in [7, 11) is 0. The Hall–Kier alpha value is -1.02. The molecule has 2 aromatic rings. The van der Waals surface area contributed by atoms with Gasteiger partial charge in [0.1, 0.15) is 11.5 Å². The molecule has 0 saturated heterocycles. The van der Waals surface area contributed by atoms with Crippen molar-refractivity contribution >= 4 is 15.9 Å². The van der Waals surface area contributed by atoms with Gasteiger partial charge in [0.05, 0.1) is 4.83 Å². The summed E-state index contributed by atoms with van der Waals surface area (Å²) >= 11 is 3.71. The fraction of sp³-hybridized carbons (Fsp3) is 0.333. The Morgan fingerprint density at radius 3 is 2.59 bits per heavy atom. The van der Waals surface area contributed by atoms with Crippen LogP contribution in [0.2, 0.25) is 0 Å². The van der Waals surface area contributed by atoms with Gasteiger partial charge in [0.2, 0.25) is 0 Å². The van der Waals surface area contributed by atoms with E-state index in [0.717, 1.165) is 24.4 Å². The topological polar surface area (TPSA) is 13.1 Å². The van der Waals surface area contributed by atoms with E-state index in [1.807, 2.05) is 0 Å². The van der Waals surface area contributed by atoms with Crippen molar-refractivity contribution in [2.24, 2.45) is 0 Å². The largest absolute Gasteiger partial charge is 0.465 e. The first-order valence-corrected chi connectivity index (χ1v) is 6.89. The van der Waals surface area contributed by atoms with E-state index in [1.54, 1.807) is 0 Å². The lowest BCUT2D eigenvalue weighted by Crippen LogP contribution is -1.96. The molecular formula is C15H17BrO. The van der Waals surface area contributed by atoms with Crippen LogP contribution in [0.4, 0.5) is 0 Å². The number of furan rings is 1. The lowest BCUT2D eigenvalue weighted by atomic mass is 10.0. The van der Waals surface area contributed by atoms with Gasteiger partial charge in [-0.15, -0.1) is 0 Å². The van der Waals surface area contributed by atoms with Crippen LogP contribution in [0.25, 0.3) is 0 Å². The summed E-state index contributed by atoms with van der Waals surface area (Å²) in [6.07, 6.45) is 1.91. The van der Waals surface area contributed by atoms with Gasteiger partial charge in [-0.05, 0) is 36.6 Å². The molecule has 1 unspecified atom stereocenters. The highest BCUT2D eigenvalue weighted by Crippen LogP contribution is 2.29. The first-order valence-electron chi connectivity index (χ1n) is 5.98. The quantitative estimate of drug-likeness (QED) is 0.736. The first kappa shape index (κ1) is 12.4. The van der Waals surface area contributed by atoms with E-state index in [1.165, 1.54) is 11.1 Å². The number of hydrogen-bond donors (Lipinski definition) is 0. The van der Waals surface area contributed by atoms with E-state index >= 15 is 0 Å². The first-order chi connectivity index (χ1) is 8.20. The lowest BCUT2D eigenvalue weighted by Gasteiger charge is -2.09. The molecule has 0 aliphatic carbocycles. The summed E-state index contributed by atoms with van der Waals surface area (Å²) in [5.74, 6) is 2.07. The Balaban J connectivity index is 2.11. The highest BCUT2D eigenvalue weighted by molar-refractivity contribution is 9.09. The molecule has 90 valence electrons. The molecule has 0 aliphatic heterocycles. The Morgan fingerprint density at radius 2 is 1.94 bits per heavy atom. The number of aryl methyl sites for hydroxylation is 2. The maximum Gasteiger partial charge on any atom is 0.118 e. The summed E-state index contributed by atoms with van der Waals surface area (Å²) in [6.45, 7) is 4.25. The average Bonchev–Trinajstić information content (AvgIpc) is 2.81. The van der Waals surface area contributed by atoms with Crippen molar-refractivity contribution in [1.82, 2.24) is 0 Å². The minimum atomic E-state index is 0.254. The van der Waals surface area contributed by atoms with Gasteiger partial charge in [-0.1, -0.05) is 47.1 Å². The molecular weight excluding hydrogens is 276 g/mol. The fourth-order valence-electron chi connectivity index (χ4n) is 1.89. The van der Waals surface area contributed by atoms with Crippen LogP contribution in [0.5, 0.6) is 0 Å². The zero-order valence-corrected chi connectivity index (χ0v) is 11.8. The van der Waals surface area contributed by atoms with Gasteiger partial charge < -0.3 is 4.42 Å². The van der Waals surface area contributed by atoms with Crippen molar-refractivity contribution in [3.63, 3.8) is 0 Å². The van der Waals surface area contributed by atoms with E-state index in [4.69, 9.17) is 4.42 Å². The summed E-state index contributed by atoms with van der Waals surface area (Å²) in [6, 6.07) is 12.6. The highest BCUT2D eigenvalue weighted by atomic mass is 79.9. The Morgan fingerprint density at radius 1 is 1.18 bits per heavy atom. The molecule has 0 amide bonds. The van der Waals surface area contributed by atoms with Crippen LogP contribution in [0, 0.1) is 6.92 Å². The number of halogens is 1. The smallest absolute Gasteiger partial charge is 0.118 e. The van der Waals surface area contributed by atoms with Gasteiger partial charge in [0.25, 0.3) is 0 Å². The molecule has 1 atom stereocenters. The van der Waals surface area contributed by atoms with Gasteiger partial charge in [-0.25, -0.2) is 0 Å². The fourth-order valence-corrected chi connectivity index (χ4v) is 2.48. The van der Waals surface area contributed by atoms with Crippen LogP contribution in [-0.2, 0) is 12.8 Å². The van der Waals surface area contributed by atoms with Crippen molar-refractivity contribution in [3.05, 3.63) is 59.0 Å². The maximum atomic E-state index is 5.76.